The van der Waals surface area contributed by atoms with Crippen LogP contribution in [0.4, 0.5) is 8.78 Å². The maximum Gasteiger partial charge on any atom is 0.352 e. The number of aliphatic hydroxyl groups is 1. The molecule has 0 unspecified atom stereocenters. The molecule has 5 aliphatic rings. The lowest BCUT2D eigenvalue weighted by Gasteiger charge is -2.63. The van der Waals surface area contributed by atoms with Crippen LogP contribution in [-0.4, -0.2) is 55.8 Å². The number of carbonyl (C=O) groups excluding carboxylic acids is 2. The van der Waals surface area contributed by atoms with Crippen molar-refractivity contribution >= 4 is 18.0 Å². The Bertz CT molecular complexity index is 1580. The minimum atomic E-state index is -2.02. The van der Waals surface area contributed by atoms with Gasteiger partial charge in [0.15, 0.2) is 6.61 Å². The molecule has 2 heterocycles. The fraction of sp³-hybridized carbons (Fsp3) is 0.594. The number of rotatable bonds is 5. The number of allylic oxidation sites excluding steroid dienone is 1. The first-order valence-electron chi connectivity index (χ1n) is 15.0. The molecule has 7 atom stereocenters. The molecule has 5 aliphatic carbocycles. The fourth-order valence-corrected chi connectivity index (χ4v) is 9.08. The lowest BCUT2D eigenvalue weighted by Crippen LogP contribution is -2.70. The summed E-state index contributed by atoms with van der Waals surface area (Å²) in [5.41, 5.74) is -2.79. The Kier molecular flexibility index (Phi) is 6.17. The molecule has 0 aliphatic heterocycles. The molecule has 7 rings (SSSR count). The zero-order valence-corrected chi connectivity index (χ0v) is 24.2. The topological polar surface area (TPSA) is 127 Å². The number of aromatic nitrogens is 3. The summed E-state index contributed by atoms with van der Waals surface area (Å²) in [4.78, 5) is 30.3. The van der Waals surface area contributed by atoms with Crippen LogP contribution < -0.4 is 0 Å². The highest BCUT2D eigenvalue weighted by Gasteiger charge is 2.76. The van der Waals surface area contributed by atoms with Crippen molar-refractivity contribution in [3.63, 3.8) is 0 Å². The van der Waals surface area contributed by atoms with Gasteiger partial charge in [0.2, 0.25) is 11.5 Å². The highest BCUT2D eigenvalue weighted by molar-refractivity contribution is 5.86. The minimum absolute atomic E-state index is 0.0967. The number of nitriles is 1. The summed E-state index contributed by atoms with van der Waals surface area (Å²) in [6.07, 6.45) is 6.76. The Balaban J connectivity index is 1.26. The van der Waals surface area contributed by atoms with Crippen molar-refractivity contribution in [2.24, 2.45) is 28.6 Å². The SMILES string of the molecule is C[C@]12Cc3cnn(-c4ccc(F)nc4)c3C=C1CC[C@H]1[C@@H]3CC[C@](OC(=O)C4CC4)(C(=O)OCC#N)[C@@]3(C)C[C@H](O)[C@@]12F. The maximum atomic E-state index is 18.0. The quantitative estimate of drug-likeness (QED) is 0.400. The van der Waals surface area contributed by atoms with Gasteiger partial charge in [0.1, 0.15) is 11.7 Å². The zero-order valence-electron chi connectivity index (χ0n) is 24.2. The number of fused-ring (bicyclic) bond motifs is 6. The summed E-state index contributed by atoms with van der Waals surface area (Å²) in [6, 6.07) is 4.66. The number of halogens is 2. The zero-order chi connectivity index (χ0) is 30.4. The standard InChI is InChI=1S/C32H34F2N4O5/c1-29-14-19-16-37-38(21-6-8-26(33)36-17-21)24(19)13-20(29)5-7-23-22-9-10-31(28(41)42-12-11-35,43-27(40)18-3-4-18)30(22,2)15-25(39)32(23,29)34/h6,8,13,16-18,22-23,25,39H,3-5,7,9-10,12,14-15H2,1-2H3/t22-,23-,25-,29-,30-,31-,32-/m0/s1. The molecular formula is C32H34F2N4O5. The summed E-state index contributed by atoms with van der Waals surface area (Å²) < 4.78 is 44.5. The van der Waals surface area contributed by atoms with Crippen LogP contribution in [0, 0.1) is 45.9 Å². The van der Waals surface area contributed by atoms with E-state index >= 15 is 4.39 Å². The van der Waals surface area contributed by atoms with Gasteiger partial charge >= 0.3 is 11.9 Å². The number of carbonyl (C=O) groups is 2. The molecule has 0 bridgehead atoms. The van der Waals surface area contributed by atoms with E-state index in [1.807, 2.05) is 19.9 Å². The molecule has 0 spiro atoms. The van der Waals surface area contributed by atoms with E-state index in [0.29, 0.717) is 44.2 Å². The molecule has 0 amide bonds. The Labute approximate surface area is 247 Å². The summed E-state index contributed by atoms with van der Waals surface area (Å²) in [6.45, 7) is 3.19. The van der Waals surface area contributed by atoms with Gasteiger partial charge in [-0.3, -0.25) is 4.79 Å². The first-order chi connectivity index (χ1) is 20.5. The van der Waals surface area contributed by atoms with E-state index in [1.165, 1.54) is 12.3 Å². The van der Waals surface area contributed by atoms with Crippen molar-refractivity contribution in [3.8, 4) is 11.8 Å². The van der Waals surface area contributed by atoms with Crippen LogP contribution in [0.3, 0.4) is 0 Å². The van der Waals surface area contributed by atoms with Crippen molar-refractivity contribution in [1.29, 1.82) is 5.26 Å². The molecule has 2 aromatic rings. The monoisotopic (exact) mass is 592 g/mol. The number of nitrogens with zero attached hydrogens (tertiary/aromatic N) is 4. The predicted molar refractivity (Wildman–Crippen MR) is 147 cm³/mol. The molecule has 0 aromatic carbocycles. The van der Waals surface area contributed by atoms with Gasteiger partial charge in [-0.2, -0.15) is 14.8 Å². The van der Waals surface area contributed by atoms with Crippen molar-refractivity contribution in [3.05, 3.63) is 47.3 Å². The second-order valence-electron chi connectivity index (χ2n) is 13.4. The third-order valence-corrected chi connectivity index (χ3v) is 11.4. The number of pyridine rings is 1. The number of ether oxygens (including phenoxy) is 2. The van der Waals surface area contributed by atoms with E-state index in [1.54, 1.807) is 23.0 Å². The van der Waals surface area contributed by atoms with E-state index in [9.17, 15) is 19.1 Å². The van der Waals surface area contributed by atoms with E-state index in [4.69, 9.17) is 14.7 Å². The Morgan fingerprint density at radius 3 is 2.67 bits per heavy atom. The van der Waals surface area contributed by atoms with Crippen molar-refractivity contribution in [1.82, 2.24) is 14.8 Å². The van der Waals surface area contributed by atoms with Crippen LogP contribution in [-0.2, 0) is 25.5 Å². The first-order valence-corrected chi connectivity index (χ1v) is 15.0. The lowest BCUT2D eigenvalue weighted by atomic mass is 9.44. The van der Waals surface area contributed by atoms with Crippen LogP contribution in [0.5, 0.6) is 0 Å². The summed E-state index contributed by atoms with van der Waals surface area (Å²) >= 11 is 0. The Morgan fingerprint density at radius 1 is 1.19 bits per heavy atom. The van der Waals surface area contributed by atoms with Crippen molar-refractivity contribution in [2.45, 2.75) is 82.6 Å². The molecule has 43 heavy (non-hydrogen) atoms. The van der Waals surface area contributed by atoms with Crippen LogP contribution >= 0.6 is 0 Å². The van der Waals surface area contributed by atoms with Gasteiger partial charge in [-0.1, -0.05) is 19.4 Å². The molecule has 11 heteroatoms. The van der Waals surface area contributed by atoms with E-state index in [2.05, 4.69) is 10.1 Å². The molecule has 226 valence electrons. The molecular weight excluding hydrogens is 558 g/mol. The van der Waals surface area contributed by atoms with E-state index in [-0.39, 0.29) is 24.7 Å². The number of hydrogen-bond donors (Lipinski definition) is 1. The van der Waals surface area contributed by atoms with Crippen LogP contribution in [0.2, 0.25) is 0 Å². The van der Waals surface area contributed by atoms with Gasteiger partial charge in [0, 0.05) is 16.7 Å². The Morgan fingerprint density at radius 2 is 1.98 bits per heavy atom. The van der Waals surface area contributed by atoms with Crippen LogP contribution in [0.15, 0.2) is 30.1 Å². The fourth-order valence-electron chi connectivity index (χ4n) is 9.08. The van der Waals surface area contributed by atoms with Crippen molar-refractivity contribution < 1.29 is 33.0 Å². The largest absolute Gasteiger partial charge is 0.447 e. The number of esters is 2. The first kappa shape index (κ1) is 28.1. The van der Waals surface area contributed by atoms with E-state index < -0.39 is 58.6 Å². The molecule has 9 nitrogen and oxygen atoms in total. The minimum Gasteiger partial charge on any atom is -0.447 e. The molecule has 2 aromatic heterocycles. The highest BCUT2D eigenvalue weighted by atomic mass is 19.1. The second kappa shape index (κ2) is 9.42. The summed E-state index contributed by atoms with van der Waals surface area (Å²) in [7, 11) is 0. The molecule has 4 saturated carbocycles. The number of alkyl halides is 1. The third-order valence-electron chi connectivity index (χ3n) is 11.4. The molecule has 1 N–H and O–H groups in total. The molecule has 4 fully saturated rings. The molecule has 0 radical (unpaired) electrons. The average Bonchev–Trinajstić information content (AvgIpc) is 3.70. The normalized spacial score (nSPS) is 37.6. The summed E-state index contributed by atoms with van der Waals surface area (Å²) in [5, 5.41) is 25.5. The molecule has 0 saturated heterocycles. The Hall–Kier alpha value is -3.65. The van der Waals surface area contributed by atoms with Gasteiger partial charge < -0.3 is 14.6 Å². The van der Waals surface area contributed by atoms with Crippen LogP contribution in [0.1, 0.15) is 70.1 Å². The van der Waals surface area contributed by atoms with E-state index in [0.717, 1.165) is 16.8 Å². The third kappa shape index (κ3) is 3.74. The van der Waals surface area contributed by atoms with Crippen LogP contribution in [0.25, 0.3) is 11.8 Å². The maximum absolute atomic E-state index is 18.0. The average molecular weight is 593 g/mol. The predicted octanol–water partition coefficient (Wildman–Crippen LogP) is 4.41. The van der Waals surface area contributed by atoms with Gasteiger partial charge in [-0.05, 0) is 81.1 Å². The van der Waals surface area contributed by atoms with Crippen molar-refractivity contribution in [2.75, 3.05) is 6.61 Å². The highest BCUT2D eigenvalue weighted by Crippen LogP contribution is 2.71. The second-order valence-corrected chi connectivity index (χ2v) is 13.4. The lowest BCUT2D eigenvalue weighted by molar-refractivity contribution is -0.238. The van der Waals surface area contributed by atoms with Gasteiger partial charge in [0.25, 0.3) is 0 Å². The smallest absolute Gasteiger partial charge is 0.352 e. The summed E-state index contributed by atoms with van der Waals surface area (Å²) in [5.74, 6) is -3.11. The number of aliphatic hydroxyl groups excluding tert-OH is 1. The number of hydrogen-bond acceptors (Lipinski definition) is 8. The van der Waals surface area contributed by atoms with Gasteiger partial charge in [-0.25, -0.2) is 18.9 Å². The van der Waals surface area contributed by atoms with Gasteiger partial charge in [0.05, 0.1) is 35.8 Å². The van der Waals surface area contributed by atoms with Gasteiger partial charge in [-0.15, -0.1) is 0 Å².